The van der Waals surface area contributed by atoms with Crippen LogP contribution in [0.3, 0.4) is 0 Å². The van der Waals surface area contributed by atoms with Crippen molar-refractivity contribution < 1.29 is 28.6 Å². The third-order valence-electron chi connectivity index (χ3n) is 14.7. The quantitative estimate of drug-likeness (QED) is 0.0261. The fourth-order valence-electron chi connectivity index (χ4n) is 9.51. The van der Waals surface area contributed by atoms with Crippen LogP contribution in [-0.2, 0) is 28.6 Å². The van der Waals surface area contributed by atoms with Crippen molar-refractivity contribution in [3.63, 3.8) is 0 Å². The fraction of sp³-hybridized carbons (Fsp3) is 0.697. The van der Waals surface area contributed by atoms with Crippen molar-refractivity contribution in [1.82, 2.24) is 0 Å². The summed E-state index contributed by atoms with van der Waals surface area (Å²) in [6, 6.07) is 0. The summed E-state index contributed by atoms with van der Waals surface area (Å²) in [6.07, 6.45) is 96.3. The Morgan fingerprint density at radius 3 is 0.756 bits per heavy atom. The molecule has 0 saturated carbocycles. The van der Waals surface area contributed by atoms with Gasteiger partial charge in [-0.15, -0.1) is 0 Å². The molecule has 0 N–H and O–H groups in total. The Morgan fingerprint density at radius 2 is 0.476 bits per heavy atom. The van der Waals surface area contributed by atoms with Crippen LogP contribution in [0.25, 0.3) is 0 Å². The summed E-state index contributed by atoms with van der Waals surface area (Å²) < 4.78 is 17.0. The molecule has 0 aromatic heterocycles. The van der Waals surface area contributed by atoms with Crippen LogP contribution in [0.15, 0.2) is 122 Å². The van der Waals surface area contributed by atoms with E-state index in [1.807, 2.05) is 0 Å². The van der Waals surface area contributed by atoms with Crippen molar-refractivity contribution in [2.45, 2.75) is 329 Å². The average molecular weight is 1140 g/mol. The van der Waals surface area contributed by atoms with Gasteiger partial charge in [-0.3, -0.25) is 14.4 Å². The summed E-state index contributed by atoms with van der Waals surface area (Å²) in [5.41, 5.74) is 0. The van der Waals surface area contributed by atoms with Gasteiger partial charge in [0.15, 0.2) is 6.10 Å². The molecule has 1 unspecified atom stereocenters. The summed E-state index contributed by atoms with van der Waals surface area (Å²) in [7, 11) is 0. The Hall–Kier alpha value is -4.19. The van der Waals surface area contributed by atoms with E-state index < -0.39 is 6.10 Å². The molecule has 1 atom stereocenters. The highest BCUT2D eigenvalue weighted by molar-refractivity contribution is 5.71. The lowest BCUT2D eigenvalue weighted by Crippen LogP contribution is -2.30. The van der Waals surface area contributed by atoms with Crippen LogP contribution in [0, 0.1) is 0 Å². The van der Waals surface area contributed by atoms with Gasteiger partial charge >= 0.3 is 17.9 Å². The third-order valence-corrected chi connectivity index (χ3v) is 14.7. The van der Waals surface area contributed by atoms with E-state index in [0.717, 1.165) is 128 Å². The first-order chi connectivity index (χ1) is 40.5. The lowest BCUT2D eigenvalue weighted by molar-refractivity contribution is -0.167. The number of carbonyl (C=O) groups excluding carboxylic acids is 3. The molecule has 6 heteroatoms. The van der Waals surface area contributed by atoms with Gasteiger partial charge in [0, 0.05) is 19.3 Å². The molecule has 0 fully saturated rings. The van der Waals surface area contributed by atoms with Gasteiger partial charge in [0.2, 0.25) is 0 Å². The van der Waals surface area contributed by atoms with Gasteiger partial charge in [0.1, 0.15) is 13.2 Å². The van der Waals surface area contributed by atoms with Crippen LogP contribution >= 0.6 is 0 Å². The molecule has 82 heavy (non-hydrogen) atoms. The van der Waals surface area contributed by atoms with Gasteiger partial charge in [0.05, 0.1) is 0 Å². The number of hydrogen-bond acceptors (Lipinski definition) is 6. The summed E-state index contributed by atoms with van der Waals surface area (Å²) in [5, 5.41) is 0. The molecule has 0 aromatic rings. The van der Waals surface area contributed by atoms with E-state index in [0.29, 0.717) is 19.3 Å². The second-order valence-electron chi connectivity index (χ2n) is 22.7. The molecule has 0 spiro atoms. The molecule has 0 rings (SSSR count). The van der Waals surface area contributed by atoms with E-state index >= 15 is 0 Å². The first-order valence-electron chi connectivity index (χ1n) is 34.5. The maximum Gasteiger partial charge on any atom is 0.306 e. The first-order valence-corrected chi connectivity index (χ1v) is 34.5. The molecule has 0 bridgehead atoms. The van der Waals surface area contributed by atoms with Crippen molar-refractivity contribution in [1.29, 1.82) is 0 Å². The standard InChI is InChI=1S/C76H128O6/c1-4-7-10-13-16-19-22-25-28-31-34-36-38-40-42-45-48-51-54-57-60-63-66-69-75(78)81-72-73(71-80-74(77)68-65-62-59-56-53-50-47-44-33-30-27-24-21-18-15-12-9-6-3)82-76(79)70-67-64-61-58-55-52-49-46-43-41-39-37-35-32-29-26-23-20-17-14-11-8-5-2/h7,10,16,19,21,23-26,28,30,32-36,40,42,48,51,73H,4-6,8-9,11-15,17-18,20,22,27,29,31,37-39,41,43-47,49-50,52-72H2,1-3H3/b10-7-,19-16-,24-21-,26-23-,28-25-,33-30-,35-32-,36-34-,42-40-,51-48-. The van der Waals surface area contributed by atoms with Gasteiger partial charge in [-0.25, -0.2) is 0 Å². The number of hydrogen-bond donors (Lipinski definition) is 0. The highest BCUT2D eigenvalue weighted by Gasteiger charge is 2.19. The van der Waals surface area contributed by atoms with Crippen LogP contribution in [0.1, 0.15) is 323 Å². The van der Waals surface area contributed by atoms with Gasteiger partial charge in [-0.2, -0.15) is 0 Å². The predicted molar refractivity (Wildman–Crippen MR) is 357 cm³/mol. The van der Waals surface area contributed by atoms with Crippen molar-refractivity contribution in [2.24, 2.45) is 0 Å². The molecule has 0 aliphatic heterocycles. The normalized spacial score (nSPS) is 12.9. The van der Waals surface area contributed by atoms with Crippen LogP contribution in [0.5, 0.6) is 0 Å². The fourth-order valence-corrected chi connectivity index (χ4v) is 9.51. The highest BCUT2D eigenvalue weighted by atomic mass is 16.6. The molecule has 0 aliphatic carbocycles. The van der Waals surface area contributed by atoms with Crippen molar-refractivity contribution in [2.75, 3.05) is 13.2 Å². The van der Waals surface area contributed by atoms with E-state index in [1.54, 1.807) is 0 Å². The zero-order valence-electron chi connectivity index (χ0n) is 53.7. The molecular formula is C76H128O6. The minimum Gasteiger partial charge on any atom is -0.462 e. The highest BCUT2D eigenvalue weighted by Crippen LogP contribution is 2.16. The van der Waals surface area contributed by atoms with E-state index in [1.165, 1.54) is 154 Å². The minimum absolute atomic E-state index is 0.0928. The van der Waals surface area contributed by atoms with E-state index in [-0.39, 0.29) is 31.1 Å². The van der Waals surface area contributed by atoms with Gasteiger partial charge in [0.25, 0.3) is 0 Å². The second kappa shape index (κ2) is 69.3. The van der Waals surface area contributed by atoms with Crippen LogP contribution in [0.4, 0.5) is 0 Å². The molecule has 0 amide bonds. The number of carbonyl (C=O) groups is 3. The molecule has 0 aliphatic rings. The Kier molecular flexibility index (Phi) is 65.8. The summed E-state index contributed by atoms with van der Waals surface area (Å²) in [4.78, 5) is 38.5. The third kappa shape index (κ3) is 66.6. The number of ether oxygens (including phenoxy) is 3. The zero-order chi connectivity index (χ0) is 59.2. The van der Waals surface area contributed by atoms with Crippen molar-refractivity contribution >= 4 is 17.9 Å². The van der Waals surface area contributed by atoms with Gasteiger partial charge in [-0.1, -0.05) is 290 Å². The zero-order valence-corrected chi connectivity index (χ0v) is 53.7. The number of allylic oxidation sites excluding steroid dienone is 20. The summed E-state index contributed by atoms with van der Waals surface area (Å²) in [6.45, 7) is 6.50. The molecule has 0 radical (unpaired) electrons. The smallest absolute Gasteiger partial charge is 0.306 e. The van der Waals surface area contributed by atoms with Crippen LogP contribution in [-0.4, -0.2) is 37.2 Å². The topological polar surface area (TPSA) is 78.9 Å². The Bertz CT molecular complexity index is 1690. The number of rotatable bonds is 62. The molecule has 0 aromatic carbocycles. The Balaban J connectivity index is 4.45. The van der Waals surface area contributed by atoms with E-state index in [4.69, 9.17) is 14.2 Å². The van der Waals surface area contributed by atoms with Gasteiger partial charge in [-0.05, 0) is 135 Å². The average Bonchev–Trinajstić information content (AvgIpc) is 3.47. The first kappa shape index (κ1) is 77.8. The second-order valence-corrected chi connectivity index (χ2v) is 22.7. The maximum absolute atomic E-state index is 13.0. The lowest BCUT2D eigenvalue weighted by atomic mass is 10.0. The molecule has 6 nitrogen and oxygen atoms in total. The Morgan fingerprint density at radius 1 is 0.256 bits per heavy atom. The van der Waals surface area contributed by atoms with Crippen LogP contribution in [0.2, 0.25) is 0 Å². The maximum atomic E-state index is 13.0. The Labute approximate surface area is 507 Å². The van der Waals surface area contributed by atoms with Gasteiger partial charge < -0.3 is 14.2 Å². The molecule has 0 saturated heterocycles. The van der Waals surface area contributed by atoms with Crippen LogP contribution < -0.4 is 0 Å². The summed E-state index contributed by atoms with van der Waals surface area (Å²) >= 11 is 0. The largest absolute Gasteiger partial charge is 0.462 e. The number of unbranched alkanes of at least 4 members (excludes halogenated alkanes) is 31. The molecule has 468 valence electrons. The SMILES string of the molecule is CC/C=C\C/C=C\C/C=C\C/C=C\C/C=C\C/C=C\CCCCCCC(=O)OCC(COC(=O)CCCCCCCCC/C=C\C/C=C\CCCCCC)OC(=O)CCCCCCCCCCCCC/C=C\C/C=C\CCCCCCC. The summed E-state index contributed by atoms with van der Waals surface area (Å²) in [5.74, 6) is -0.918. The lowest BCUT2D eigenvalue weighted by Gasteiger charge is -2.18. The molecule has 0 heterocycles. The van der Waals surface area contributed by atoms with Crippen molar-refractivity contribution in [3.05, 3.63) is 122 Å². The number of esters is 3. The predicted octanol–water partition coefficient (Wildman–Crippen LogP) is 23.9. The van der Waals surface area contributed by atoms with E-state index in [9.17, 15) is 14.4 Å². The monoisotopic (exact) mass is 1140 g/mol. The molecular weight excluding hydrogens is 1010 g/mol. The van der Waals surface area contributed by atoms with E-state index in [2.05, 4.69) is 142 Å². The van der Waals surface area contributed by atoms with Crippen molar-refractivity contribution in [3.8, 4) is 0 Å². The minimum atomic E-state index is -0.799.